The van der Waals surface area contributed by atoms with Gasteiger partial charge in [0.05, 0.1) is 11.5 Å². The first kappa shape index (κ1) is 16.1. The second-order valence-electron chi connectivity index (χ2n) is 5.11. The van der Waals surface area contributed by atoms with Crippen LogP contribution in [0.4, 0.5) is 14.6 Å². The Kier molecular flexibility index (Phi) is 4.52. The summed E-state index contributed by atoms with van der Waals surface area (Å²) in [5, 5.41) is 18.2. The second kappa shape index (κ2) is 6.75. The molecule has 0 aliphatic rings. The van der Waals surface area contributed by atoms with E-state index in [2.05, 4.69) is 25.1 Å². The van der Waals surface area contributed by atoms with E-state index in [0.29, 0.717) is 17.0 Å². The molecule has 7 nitrogen and oxygen atoms in total. The molecule has 3 aromatic rings. The zero-order valence-electron chi connectivity index (χ0n) is 12.7. The molecule has 2 N–H and O–H groups in total. The third-order valence-corrected chi connectivity index (χ3v) is 3.36. The molecule has 1 aromatic carbocycles. The number of nitrogens with one attached hydrogen (secondary N) is 1. The Labute approximate surface area is 135 Å². The van der Waals surface area contributed by atoms with Crippen molar-refractivity contribution in [2.75, 3.05) is 11.9 Å². The lowest BCUT2D eigenvalue weighted by Crippen LogP contribution is -2.13. The van der Waals surface area contributed by atoms with Gasteiger partial charge in [-0.25, -0.2) is 9.97 Å². The number of hydrogen-bond acceptors (Lipinski definition) is 6. The average Bonchev–Trinajstić information content (AvgIpc) is 2.93. The summed E-state index contributed by atoms with van der Waals surface area (Å²) in [6, 6.07) is 5.95. The zero-order valence-corrected chi connectivity index (χ0v) is 12.7. The molecule has 0 saturated carbocycles. The summed E-state index contributed by atoms with van der Waals surface area (Å²) in [7, 11) is 1.77. The smallest absolute Gasteiger partial charge is 0.387 e. The molecule has 24 heavy (non-hydrogen) atoms. The highest BCUT2D eigenvalue weighted by atomic mass is 19.3. The lowest BCUT2D eigenvalue weighted by Gasteiger charge is -2.14. The maximum absolute atomic E-state index is 12.3. The number of aromatic nitrogens is 4. The molecule has 1 unspecified atom stereocenters. The number of aryl methyl sites for hydroxylation is 1. The van der Waals surface area contributed by atoms with E-state index in [1.807, 2.05) is 0 Å². The number of aliphatic hydroxyl groups excluding tert-OH is 1. The first-order valence-electron chi connectivity index (χ1n) is 7.14. The van der Waals surface area contributed by atoms with Gasteiger partial charge in [0.25, 0.3) is 0 Å². The van der Waals surface area contributed by atoms with E-state index in [-0.39, 0.29) is 12.3 Å². The molecule has 1 atom stereocenters. The highest BCUT2D eigenvalue weighted by Crippen LogP contribution is 2.22. The summed E-state index contributed by atoms with van der Waals surface area (Å²) in [6.45, 7) is -2.77. The molecule has 0 spiro atoms. The van der Waals surface area contributed by atoms with Crippen molar-refractivity contribution in [3.8, 4) is 5.75 Å². The van der Waals surface area contributed by atoms with Gasteiger partial charge in [-0.1, -0.05) is 12.1 Å². The maximum atomic E-state index is 12.3. The predicted octanol–water partition coefficient (Wildman–Crippen LogP) is 2.11. The molecule has 0 fully saturated rings. The van der Waals surface area contributed by atoms with Gasteiger partial charge < -0.3 is 15.2 Å². The van der Waals surface area contributed by atoms with E-state index >= 15 is 0 Å². The molecule has 9 heteroatoms. The van der Waals surface area contributed by atoms with Crippen LogP contribution >= 0.6 is 0 Å². The van der Waals surface area contributed by atoms with Crippen LogP contribution in [0.15, 0.2) is 36.8 Å². The molecule has 0 saturated heterocycles. The van der Waals surface area contributed by atoms with Crippen molar-refractivity contribution < 1.29 is 18.6 Å². The Bertz CT molecular complexity index is 840. The van der Waals surface area contributed by atoms with Gasteiger partial charge in [-0.05, 0) is 17.7 Å². The fourth-order valence-electron chi connectivity index (χ4n) is 2.30. The van der Waals surface area contributed by atoms with Crippen molar-refractivity contribution >= 4 is 16.9 Å². The van der Waals surface area contributed by atoms with Crippen LogP contribution in [0.2, 0.25) is 0 Å². The van der Waals surface area contributed by atoms with E-state index in [4.69, 9.17) is 0 Å². The molecule has 2 heterocycles. The van der Waals surface area contributed by atoms with Gasteiger partial charge in [-0.15, -0.1) is 0 Å². The predicted molar refractivity (Wildman–Crippen MR) is 82.8 cm³/mol. The number of nitrogens with zero attached hydrogens (tertiary/aromatic N) is 4. The van der Waals surface area contributed by atoms with E-state index < -0.39 is 12.7 Å². The average molecular weight is 335 g/mol. The lowest BCUT2D eigenvalue weighted by molar-refractivity contribution is -0.0499. The van der Waals surface area contributed by atoms with Crippen LogP contribution in [-0.4, -0.2) is 38.0 Å². The number of alkyl halides is 2. The monoisotopic (exact) mass is 335 g/mol. The largest absolute Gasteiger partial charge is 0.435 e. The Morgan fingerprint density at radius 2 is 2.17 bits per heavy atom. The highest BCUT2D eigenvalue weighted by molar-refractivity contribution is 5.85. The molecule has 0 bridgehead atoms. The number of rotatable bonds is 6. The molecule has 126 valence electrons. The minimum atomic E-state index is -2.91. The molecule has 0 radical (unpaired) electrons. The molecule has 0 aliphatic heterocycles. The number of aliphatic hydroxyl groups is 1. The summed E-state index contributed by atoms with van der Waals surface area (Å²) >= 11 is 0. The first-order chi connectivity index (χ1) is 11.5. The van der Waals surface area contributed by atoms with Crippen LogP contribution in [-0.2, 0) is 7.05 Å². The molecule has 0 aliphatic carbocycles. The summed E-state index contributed by atoms with van der Waals surface area (Å²) in [6.07, 6.45) is 2.22. The number of fused-ring (bicyclic) bond motifs is 1. The molecular weight excluding hydrogens is 320 g/mol. The maximum Gasteiger partial charge on any atom is 0.387 e. The van der Waals surface area contributed by atoms with E-state index in [1.165, 1.54) is 18.5 Å². The van der Waals surface area contributed by atoms with Gasteiger partial charge >= 0.3 is 6.61 Å². The summed E-state index contributed by atoms with van der Waals surface area (Å²) in [5.41, 5.74) is 0.994. The van der Waals surface area contributed by atoms with Crippen LogP contribution in [0, 0.1) is 0 Å². The second-order valence-corrected chi connectivity index (χ2v) is 5.11. The van der Waals surface area contributed by atoms with E-state index in [1.54, 1.807) is 30.1 Å². The molecule has 3 rings (SSSR count). The third kappa shape index (κ3) is 3.57. The quantitative estimate of drug-likeness (QED) is 0.718. The van der Waals surface area contributed by atoms with Crippen LogP contribution in [0.5, 0.6) is 5.75 Å². The Morgan fingerprint density at radius 1 is 1.33 bits per heavy atom. The number of halogens is 2. The minimum absolute atomic E-state index is 0.00163. The lowest BCUT2D eigenvalue weighted by atomic mass is 10.1. The standard InChI is InChI=1S/C15H15F2N5O2/c1-22-7-11-13(19-8-20-14(11)21-22)18-6-12(23)9-3-2-4-10(5-9)24-15(16)17/h2-5,7-8,12,15,23H,6H2,1H3,(H,18,19,20,21). The van der Waals surface area contributed by atoms with Crippen LogP contribution < -0.4 is 10.1 Å². The number of hydrogen-bond donors (Lipinski definition) is 2. The first-order valence-corrected chi connectivity index (χ1v) is 7.14. The van der Waals surface area contributed by atoms with Gasteiger partial charge in [-0.3, -0.25) is 4.68 Å². The number of ether oxygens (including phenoxy) is 1. The van der Waals surface area contributed by atoms with Gasteiger partial charge in [0, 0.05) is 19.8 Å². The molecule has 0 amide bonds. The Balaban J connectivity index is 1.71. The van der Waals surface area contributed by atoms with Gasteiger partial charge in [-0.2, -0.15) is 13.9 Å². The Morgan fingerprint density at radius 3 is 2.96 bits per heavy atom. The normalized spacial score (nSPS) is 12.5. The van der Waals surface area contributed by atoms with Crippen molar-refractivity contribution in [1.82, 2.24) is 19.7 Å². The van der Waals surface area contributed by atoms with Gasteiger partial charge in [0.15, 0.2) is 5.65 Å². The third-order valence-electron chi connectivity index (χ3n) is 3.36. The van der Waals surface area contributed by atoms with Gasteiger partial charge in [0.1, 0.15) is 17.9 Å². The topological polar surface area (TPSA) is 85.1 Å². The summed E-state index contributed by atoms with van der Waals surface area (Å²) in [5.74, 6) is 0.533. The number of anilines is 1. The van der Waals surface area contributed by atoms with Crippen molar-refractivity contribution in [2.24, 2.45) is 7.05 Å². The van der Waals surface area contributed by atoms with Crippen molar-refractivity contribution in [3.05, 3.63) is 42.4 Å². The summed E-state index contributed by atoms with van der Waals surface area (Å²) in [4.78, 5) is 8.19. The van der Waals surface area contributed by atoms with Crippen LogP contribution in [0.1, 0.15) is 11.7 Å². The summed E-state index contributed by atoms with van der Waals surface area (Å²) < 4.78 is 30.5. The SMILES string of the molecule is Cn1cc2c(NCC(O)c3cccc(OC(F)F)c3)ncnc2n1. The van der Waals surface area contributed by atoms with Crippen LogP contribution in [0.3, 0.4) is 0 Å². The van der Waals surface area contributed by atoms with E-state index in [9.17, 15) is 13.9 Å². The molecular formula is C15H15F2N5O2. The Hall–Kier alpha value is -2.81. The van der Waals surface area contributed by atoms with Crippen molar-refractivity contribution in [1.29, 1.82) is 0 Å². The fraction of sp³-hybridized carbons (Fsp3) is 0.267. The zero-order chi connectivity index (χ0) is 17.1. The van der Waals surface area contributed by atoms with Crippen molar-refractivity contribution in [2.45, 2.75) is 12.7 Å². The highest BCUT2D eigenvalue weighted by Gasteiger charge is 2.13. The van der Waals surface area contributed by atoms with E-state index in [0.717, 1.165) is 5.39 Å². The fourth-order valence-corrected chi connectivity index (χ4v) is 2.30. The van der Waals surface area contributed by atoms with Crippen LogP contribution in [0.25, 0.3) is 11.0 Å². The van der Waals surface area contributed by atoms with Gasteiger partial charge in [0.2, 0.25) is 0 Å². The van der Waals surface area contributed by atoms with Crippen molar-refractivity contribution in [3.63, 3.8) is 0 Å². The molecule has 2 aromatic heterocycles. The number of benzene rings is 1. The minimum Gasteiger partial charge on any atom is -0.435 e.